The van der Waals surface area contributed by atoms with Crippen molar-refractivity contribution in [2.75, 3.05) is 13.2 Å². The molecule has 1 heterocycles. The number of piperidine rings is 1. The molecule has 1 saturated heterocycles. The second kappa shape index (κ2) is 6.30. The summed E-state index contributed by atoms with van der Waals surface area (Å²) in [5, 5.41) is 0. The molecule has 1 rings (SSSR count). The predicted molar refractivity (Wildman–Crippen MR) is 60.8 cm³/mol. The van der Waals surface area contributed by atoms with Crippen LogP contribution in [0.3, 0.4) is 0 Å². The Labute approximate surface area is 96.3 Å². The van der Waals surface area contributed by atoms with Crippen LogP contribution in [0.4, 0.5) is 0 Å². The Morgan fingerprint density at radius 3 is 2.88 bits per heavy atom. The molecule has 0 aromatic heterocycles. The van der Waals surface area contributed by atoms with Gasteiger partial charge >= 0.3 is 5.97 Å². The van der Waals surface area contributed by atoms with Gasteiger partial charge in [-0.15, -0.1) is 0 Å². The Balaban J connectivity index is 2.43. The fraction of sp³-hybridized carbons (Fsp3) is 0.667. The lowest BCUT2D eigenvalue weighted by Crippen LogP contribution is -2.43. The van der Waals surface area contributed by atoms with E-state index in [1.807, 2.05) is 4.90 Å². The van der Waals surface area contributed by atoms with E-state index < -0.39 is 0 Å². The van der Waals surface area contributed by atoms with E-state index in [2.05, 4.69) is 6.58 Å². The summed E-state index contributed by atoms with van der Waals surface area (Å²) in [6, 6.07) is 0.193. The topological polar surface area (TPSA) is 46.6 Å². The predicted octanol–water partition coefficient (Wildman–Crippen LogP) is 1.51. The van der Waals surface area contributed by atoms with Crippen LogP contribution < -0.4 is 0 Å². The van der Waals surface area contributed by atoms with E-state index in [0.29, 0.717) is 6.61 Å². The molecule has 16 heavy (non-hydrogen) atoms. The molecule has 0 saturated carbocycles. The van der Waals surface area contributed by atoms with Crippen molar-refractivity contribution in [2.24, 2.45) is 0 Å². The number of carbonyl (C=O) groups excluding carboxylic acids is 2. The molecular formula is C12H19NO3. The van der Waals surface area contributed by atoms with Crippen molar-refractivity contribution < 1.29 is 14.3 Å². The van der Waals surface area contributed by atoms with E-state index in [0.717, 1.165) is 32.2 Å². The summed E-state index contributed by atoms with van der Waals surface area (Å²) in [7, 11) is 0. The number of hydrogen-bond acceptors (Lipinski definition) is 3. The van der Waals surface area contributed by atoms with Gasteiger partial charge in [0.05, 0.1) is 6.61 Å². The van der Waals surface area contributed by atoms with Crippen LogP contribution in [0, 0.1) is 0 Å². The summed E-state index contributed by atoms with van der Waals surface area (Å²) in [5.41, 5.74) is 0. The van der Waals surface area contributed by atoms with Gasteiger partial charge in [0.15, 0.2) is 0 Å². The molecular weight excluding hydrogens is 206 g/mol. The van der Waals surface area contributed by atoms with Crippen LogP contribution in [0.5, 0.6) is 0 Å². The molecule has 1 fully saturated rings. The van der Waals surface area contributed by atoms with Gasteiger partial charge in [-0.3, -0.25) is 9.59 Å². The molecule has 1 aliphatic rings. The second-order valence-corrected chi connectivity index (χ2v) is 4.01. The van der Waals surface area contributed by atoms with Gasteiger partial charge in [0, 0.05) is 25.9 Å². The zero-order valence-corrected chi connectivity index (χ0v) is 9.78. The molecule has 1 unspecified atom stereocenters. The van der Waals surface area contributed by atoms with E-state index in [9.17, 15) is 9.59 Å². The van der Waals surface area contributed by atoms with Crippen LogP contribution in [0.15, 0.2) is 12.7 Å². The van der Waals surface area contributed by atoms with Gasteiger partial charge in [-0.05, 0) is 25.3 Å². The highest BCUT2D eigenvalue weighted by atomic mass is 16.5. The van der Waals surface area contributed by atoms with E-state index in [1.54, 1.807) is 0 Å². The Morgan fingerprint density at radius 2 is 2.25 bits per heavy atom. The average molecular weight is 225 g/mol. The molecule has 0 spiro atoms. The molecule has 0 aromatic rings. The monoisotopic (exact) mass is 225 g/mol. The third-order valence-electron chi connectivity index (χ3n) is 2.84. The number of amides is 1. The first kappa shape index (κ1) is 12.7. The quantitative estimate of drug-likeness (QED) is 0.538. The lowest BCUT2D eigenvalue weighted by atomic mass is 9.99. The number of likely N-dealkylation sites (tertiary alicyclic amines) is 1. The van der Waals surface area contributed by atoms with Crippen molar-refractivity contribution in [1.29, 1.82) is 0 Å². The summed E-state index contributed by atoms with van der Waals surface area (Å²) in [6.45, 7) is 6.08. The SMILES string of the molecule is C=CC(=O)N1CCCCC1CCOC(C)=O. The molecule has 1 amide bonds. The van der Waals surface area contributed by atoms with Crippen molar-refractivity contribution in [2.45, 2.75) is 38.6 Å². The third kappa shape index (κ3) is 3.68. The minimum Gasteiger partial charge on any atom is -0.466 e. The Bertz CT molecular complexity index is 275. The first-order valence-electron chi connectivity index (χ1n) is 5.71. The van der Waals surface area contributed by atoms with E-state index >= 15 is 0 Å². The van der Waals surface area contributed by atoms with Crippen molar-refractivity contribution in [3.05, 3.63) is 12.7 Å². The fourth-order valence-corrected chi connectivity index (χ4v) is 2.05. The number of carbonyl (C=O) groups is 2. The van der Waals surface area contributed by atoms with Gasteiger partial charge in [0.2, 0.25) is 5.91 Å². The van der Waals surface area contributed by atoms with Crippen LogP contribution in [0.25, 0.3) is 0 Å². The molecule has 0 radical (unpaired) electrons. The fourth-order valence-electron chi connectivity index (χ4n) is 2.05. The lowest BCUT2D eigenvalue weighted by molar-refractivity contribution is -0.141. The Morgan fingerprint density at radius 1 is 1.50 bits per heavy atom. The van der Waals surface area contributed by atoms with Crippen molar-refractivity contribution in [3.8, 4) is 0 Å². The number of rotatable bonds is 4. The molecule has 4 heteroatoms. The lowest BCUT2D eigenvalue weighted by Gasteiger charge is -2.35. The van der Waals surface area contributed by atoms with Crippen LogP contribution in [0.2, 0.25) is 0 Å². The summed E-state index contributed by atoms with van der Waals surface area (Å²) < 4.78 is 4.90. The average Bonchev–Trinajstić information content (AvgIpc) is 2.28. The Kier molecular flexibility index (Phi) is 5.02. The maximum atomic E-state index is 11.6. The van der Waals surface area contributed by atoms with Gasteiger partial charge in [0.25, 0.3) is 0 Å². The largest absolute Gasteiger partial charge is 0.466 e. The molecule has 0 aromatic carbocycles. The maximum absolute atomic E-state index is 11.6. The molecule has 4 nitrogen and oxygen atoms in total. The van der Waals surface area contributed by atoms with Crippen LogP contribution >= 0.6 is 0 Å². The molecule has 0 aliphatic carbocycles. The van der Waals surface area contributed by atoms with Gasteiger partial charge in [-0.2, -0.15) is 0 Å². The maximum Gasteiger partial charge on any atom is 0.302 e. The molecule has 0 N–H and O–H groups in total. The van der Waals surface area contributed by atoms with Gasteiger partial charge in [-0.25, -0.2) is 0 Å². The molecule has 1 atom stereocenters. The van der Waals surface area contributed by atoms with E-state index in [4.69, 9.17) is 4.74 Å². The molecule has 1 aliphatic heterocycles. The number of ether oxygens (including phenoxy) is 1. The highest BCUT2D eigenvalue weighted by Gasteiger charge is 2.24. The van der Waals surface area contributed by atoms with Gasteiger partial charge in [-0.1, -0.05) is 6.58 Å². The summed E-state index contributed by atoms with van der Waals surface area (Å²) in [6.07, 6.45) is 5.24. The van der Waals surface area contributed by atoms with Crippen molar-refractivity contribution >= 4 is 11.9 Å². The van der Waals surface area contributed by atoms with Crippen LogP contribution in [-0.2, 0) is 14.3 Å². The van der Waals surface area contributed by atoms with Crippen LogP contribution in [0.1, 0.15) is 32.6 Å². The Hall–Kier alpha value is -1.32. The minimum absolute atomic E-state index is 0.0208. The number of hydrogen-bond donors (Lipinski definition) is 0. The molecule has 0 bridgehead atoms. The smallest absolute Gasteiger partial charge is 0.302 e. The first-order chi connectivity index (χ1) is 7.65. The first-order valence-corrected chi connectivity index (χ1v) is 5.71. The van der Waals surface area contributed by atoms with Gasteiger partial charge in [0.1, 0.15) is 0 Å². The standard InChI is InChI=1S/C12H19NO3/c1-3-12(15)13-8-5-4-6-11(13)7-9-16-10(2)14/h3,11H,1,4-9H2,2H3. The van der Waals surface area contributed by atoms with E-state index in [-0.39, 0.29) is 17.9 Å². The third-order valence-corrected chi connectivity index (χ3v) is 2.84. The van der Waals surface area contributed by atoms with Crippen molar-refractivity contribution in [1.82, 2.24) is 4.90 Å². The summed E-state index contributed by atoms with van der Waals surface area (Å²) in [4.78, 5) is 24.0. The van der Waals surface area contributed by atoms with E-state index in [1.165, 1.54) is 13.0 Å². The highest BCUT2D eigenvalue weighted by Crippen LogP contribution is 2.20. The second-order valence-electron chi connectivity index (χ2n) is 4.01. The minimum atomic E-state index is -0.266. The highest BCUT2D eigenvalue weighted by molar-refractivity contribution is 5.87. The zero-order chi connectivity index (χ0) is 12.0. The number of esters is 1. The van der Waals surface area contributed by atoms with Gasteiger partial charge < -0.3 is 9.64 Å². The van der Waals surface area contributed by atoms with Crippen molar-refractivity contribution in [3.63, 3.8) is 0 Å². The molecule has 90 valence electrons. The summed E-state index contributed by atoms with van der Waals surface area (Å²) >= 11 is 0. The van der Waals surface area contributed by atoms with Crippen LogP contribution in [-0.4, -0.2) is 36.0 Å². The number of nitrogens with zero attached hydrogens (tertiary/aromatic N) is 1. The zero-order valence-electron chi connectivity index (χ0n) is 9.78. The summed E-state index contributed by atoms with van der Waals surface area (Å²) in [5.74, 6) is -0.287. The normalized spacial score (nSPS) is 20.3.